The van der Waals surface area contributed by atoms with Crippen LogP contribution in [0.15, 0.2) is 65.1 Å². The van der Waals surface area contributed by atoms with Crippen LogP contribution in [0.25, 0.3) is 22.3 Å². The van der Waals surface area contributed by atoms with Gasteiger partial charge in [-0.3, -0.25) is 4.79 Å². The molecule has 3 N–H and O–H groups in total. The molecule has 0 saturated heterocycles. The molecule has 1 heterocycles. The predicted molar refractivity (Wildman–Crippen MR) is 171 cm³/mol. The van der Waals surface area contributed by atoms with Crippen LogP contribution in [0.4, 0.5) is 4.39 Å². The summed E-state index contributed by atoms with van der Waals surface area (Å²) in [6, 6.07) is 16.0. The lowest BCUT2D eigenvalue weighted by Crippen LogP contribution is -2.29. The summed E-state index contributed by atoms with van der Waals surface area (Å²) < 4.78 is 59.4. The first-order valence-electron chi connectivity index (χ1n) is 15.2. The number of carbonyl (C=O) groups excluding carboxylic acids is 1. The molecule has 1 aliphatic rings. The van der Waals surface area contributed by atoms with Gasteiger partial charge in [-0.25, -0.2) is 22.3 Å². The molecule has 1 fully saturated rings. The predicted octanol–water partition coefficient (Wildman–Crippen LogP) is 5.26. The van der Waals surface area contributed by atoms with Gasteiger partial charge in [-0.05, 0) is 96.8 Å². The van der Waals surface area contributed by atoms with Crippen molar-refractivity contribution in [3.05, 3.63) is 94.3 Å². The Hall–Kier alpha value is -4.10. The van der Waals surface area contributed by atoms with E-state index in [1.807, 2.05) is 6.07 Å². The van der Waals surface area contributed by atoms with E-state index in [0.29, 0.717) is 53.2 Å². The average Bonchev–Trinajstić information content (AvgIpc) is 3.82. The summed E-state index contributed by atoms with van der Waals surface area (Å²) in [5, 5.41) is 12.2. The molecule has 5 rings (SSSR count). The number of fused-ring (bicyclic) bond motifs is 1. The van der Waals surface area contributed by atoms with Crippen LogP contribution in [0.2, 0.25) is 0 Å². The number of ether oxygens (including phenoxy) is 2. The topological polar surface area (TPSA) is 144 Å². The lowest BCUT2D eigenvalue weighted by molar-refractivity contribution is 0.0491. The highest BCUT2D eigenvalue weighted by atomic mass is 32.2. The second-order valence-corrected chi connectivity index (χ2v) is 13.0. The van der Waals surface area contributed by atoms with E-state index >= 15 is 0 Å². The maximum absolute atomic E-state index is 13.6. The van der Waals surface area contributed by atoms with Crippen molar-refractivity contribution in [3.63, 3.8) is 0 Å². The number of halogens is 1. The van der Waals surface area contributed by atoms with Crippen LogP contribution in [0.3, 0.4) is 0 Å². The van der Waals surface area contributed by atoms with E-state index in [0.717, 1.165) is 36.8 Å². The zero-order chi connectivity index (χ0) is 32.7. The zero-order valence-corrected chi connectivity index (χ0v) is 26.3. The van der Waals surface area contributed by atoms with Gasteiger partial charge in [0.25, 0.3) is 5.91 Å². The van der Waals surface area contributed by atoms with Crippen molar-refractivity contribution in [2.24, 2.45) is 0 Å². The molecule has 0 unspecified atom stereocenters. The van der Waals surface area contributed by atoms with Gasteiger partial charge in [-0.1, -0.05) is 12.1 Å². The van der Waals surface area contributed by atoms with Crippen LogP contribution < -0.4 is 10.0 Å². The average molecular weight is 653 g/mol. The molecule has 0 radical (unpaired) electrons. The summed E-state index contributed by atoms with van der Waals surface area (Å²) >= 11 is 0. The van der Waals surface area contributed by atoms with E-state index in [1.54, 1.807) is 30.3 Å². The van der Waals surface area contributed by atoms with Gasteiger partial charge in [0, 0.05) is 31.1 Å². The Morgan fingerprint density at radius 2 is 1.67 bits per heavy atom. The molecule has 12 heteroatoms. The van der Waals surface area contributed by atoms with Gasteiger partial charge in [0.1, 0.15) is 17.2 Å². The molecule has 244 valence electrons. The zero-order valence-electron chi connectivity index (χ0n) is 25.5. The van der Waals surface area contributed by atoms with Gasteiger partial charge in [0.15, 0.2) is 0 Å². The van der Waals surface area contributed by atoms with Gasteiger partial charge in [0.2, 0.25) is 10.0 Å². The molecule has 0 spiro atoms. The number of rotatable bonds is 17. The molecule has 1 saturated carbocycles. The number of aromatic carboxylic acids is 1. The Labute approximate surface area is 266 Å². The molecule has 3 aromatic carbocycles. The molecular weight excluding hydrogens is 615 g/mol. The van der Waals surface area contributed by atoms with E-state index in [1.165, 1.54) is 31.3 Å². The molecule has 10 nitrogen and oxygen atoms in total. The van der Waals surface area contributed by atoms with Crippen LogP contribution in [0, 0.1) is 5.82 Å². The second-order valence-electron chi connectivity index (χ2n) is 11.2. The Kier molecular flexibility index (Phi) is 10.8. The van der Waals surface area contributed by atoms with E-state index in [4.69, 9.17) is 19.0 Å². The van der Waals surface area contributed by atoms with Crippen molar-refractivity contribution in [2.45, 2.75) is 37.4 Å². The van der Waals surface area contributed by atoms with Crippen LogP contribution >= 0.6 is 0 Å². The van der Waals surface area contributed by atoms with Crippen LogP contribution in [-0.2, 0) is 31.7 Å². The fourth-order valence-corrected chi connectivity index (χ4v) is 6.45. The van der Waals surface area contributed by atoms with Crippen molar-refractivity contribution < 1.29 is 41.4 Å². The first-order chi connectivity index (χ1) is 22.1. The van der Waals surface area contributed by atoms with Crippen molar-refractivity contribution in [3.8, 4) is 11.3 Å². The number of hydrogen-bond acceptors (Lipinski definition) is 7. The summed E-state index contributed by atoms with van der Waals surface area (Å²) in [7, 11) is -2.18. The van der Waals surface area contributed by atoms with Gasteiger partial charge in [0.05, 0.1) is 36.7 Å². The first-order valence-corrected chi connectivity index (χ1v) is 16.8. The molecule has 0 bridgehead atoms. The largest absolute Gasteiger partial charge is 0.478 e. The lowest BCUT2D eigenvalue weighted by Gasteiger charge is -2.12. The number of amides is 1. The number of sulfonamides is 1. The number of carboxylic acids is 1. The lowest BCUT2D eigenvalue weighted by atomic mass is 9.98. The van der Waals surface area contributed by atoms with Gasteiger partial charge in [-0.15, -0.1) is 0 Å². The Morgan fingerprint density at radius 3 is 2.33 bits per heavy atom. The van der Waals surface area contributed by atoms with Crippen molar-refractivity contribution in [1.29, 1.82) is 0 Å². The molecule has 46 heavy (non-hydrogen) atoms. The quantitative estimate of drug-likeness (QED) is 0.131. The minimum atomic E-state index is -3.71. The molecule has 0 atom stereocenters. The smallest absolute Gasteiger partial charge is 0.335 e. The Balaban J connectivity index is 1.12. The number of benzene rings is 3. The maximum atomic E-state index is 13.6. The number of hydrogen-bond donors (Lipinski definition) is 3. The van der Waals surface area contributed by atoms with Crippen LogP contribution in [0.1, 0.15) is 62.6 Å². The van der Waals surface area contributed by atoms with E-state index in [-0.39, 0.29) is 36.3 Å². The van der Waals surface area contributed by atoms with Gasteiger partial charge >= 0.3 is 5.97 Å². The number of carboxylic acid groups (broad SMARTS) is 1. The third-order valence-corrected chi connectivity index (χ3v) is 9.10. The normalized spacial score (nSPS) is 13.3. The Bertz CT molecular complexity index is 1780. The minimum Gasteiger partial charge on any atom is -0.478 e. The second kappa shape index (κ2) is 15.0. The summed E-state index contributed by atoms with van der Waals surface area (Å²) in [4.78, 5) is 23.8. The number of carbonyl (C=O) groups is 2. The van der Waals surface area contributed by atoms with Gasteiger partial charge < -0.3 is 24.3 Å². The molecule has 1 aromatic heterocycles. The fraction of sp³-hybridized carbons (Fsp3) is 0.353. The third-order valence-electron chi connectivity index (χ3n) is 7.77. The molecule has 1 amide bonds. The highest BCUT2D eigenvalue weighted by Crippen LogP contribution is 2.45. The third kappa shape index (κ3) is 8.58. The van der Waals surface area contributed by atoms with E-state index in [9.17, 15) is 22.4 Å². The van der Waals surface area contributed by atoms with Crippen molar-refractivity contribution in [2.75, 3.05) is 40.0 Å². The SMILES string of the molecule is CNC(=O)c1c(-c2ccc(F)cc2)oc2cc(CS(=O)(=O)NCCOCCOCCCc3ccc(C(=O)O)cc3)c(C3CC3)cc12. The number of aryl methyl sites for hydroxylation is 1. The molecule has 1 aliphatic carbocycles. The molecule has 4 aromatic rings. The summed E-state index contributed by atoms with van der Waals surface area (Å²) in [6.07, 6.45) is 3.40. The van der Waals surface area contributed by atoms with Gasteiger partial charge in [-0.2, -0.15) is 0 Å². The summed E-state index contributed by atoms with van der Waals surface area (Å²) in [5.41, 5.74) is 4.02. The minimum absolute atomic E-state index is 0.103. The Morgan fingerprint density at radius 1 is 0.978 bits per heavy atom. The first kappa shape index (κ1) is 33.3. The van der Waals surface area contributed by atoms with Crippen molar-refractivity contribution in [1.82, 2.24) is 10.0 Å². The van der Waals surface area contributed by atoms with Crippen molar-refractivity contribution >= 4 is 32.9 Å². The summed E-state index contributed by atoms with van der Waals surface area (Å²) in [5.74, 6) is -1.46. The van der Waals surface area contributed by atoms with E-state index < -0.39 is 21.8 Å². The fourth-order valence-electron chi connectivity index (χ4n) is 5.30. The monoisotopic (exact) mass is 652 g/mol. The number of nitrogens with one attached hydrogen (secondary N) is 2. The summed E-state index contributed by atoms with van der Waals surface area (Å²) in [6.45, 7) is 1.50. The standard InChI is InChI=1S/C34H37FN2O8S/c1-36-33(38)31-29-20-28(23-8-9-23)26(19-30(29)45-32(31)24-10-12-27(35)13-11-24)21-46(41,42)37-14-16-44-18-17-43-15-2-3-22-4-6-25(7-5-22)34(39)40/h4-7,10-13,19-20,23,37H,2-3,8-9,14-18,21H2,1H3,(H,36,38)(H,39,40). The van der Waals surface area contributed by atoms with Crippen LogP contribution in [0.5, 0.6) is 0 Å². The highest BCUT2D eigenvalue weighted by Gasteiger charge is 2.31. The number of furan rings is 1. The van der Waals surface area contributed by atoms with E-state index in [2.05, 4.69) is 10.0 Å². The molecular formula is C34H37FN2O8S. The van der Waals surface area contributed by atoms with Crippen LogP contribution in [-0.4, -0.2) is 65.4 Å². The highest BCUT2D eigenvalue weighted by molar-refractivity contribution is 7.88. The molecule has 0 aliphatic heterocycles. The maximum Gasteiger partial charge on any atom is 0.335 e.